The van der Waals surface area contributed by atoms with E-state index in [4.69, 9.17) is 5.73 Å². The Morgan fingerprint density at radius 2 is 1.66 bits per heavy atom. The third-order valence-electron chi connectivity index (χ3n) is 5.75. The van der Waals surface area contributed by atoms with Gasteiger partial charge in [0.2, 0.25) is 11.8 Å². The van der Waals surface area contributed by atoms with Gasteiger partial charge in [0.25, 0.3) is 5.91 Å². The van der Waals surface area contributed by atoms with E-state index in [0.29, 0.717) is 31.6 Å². The van der Waals surface area contributed by atoms with E-state index in [-0.39, 0.29) is 36.1 Å². The van der Waals surface area contributed by atoms with Gasteiger partial charge in [-0.25, -0.2) is 4.90 Å². The van der Waals surface area contributed by atoms with Gasteiger partial charge < -0.3 is 10.6 Å². The van der Waals surface area contributed by atoms with Crippen LogP contribution >= 0.6 is 11.8 Å². The summed E-state index contributed by atoms with van der Waals surface area (Å²) in [6.45, 7) is 1.37. The Labute approximate surface area is 174 Å². The first-order valence-corrected chi connectivity index (χ1v) is 10.7. The molecule has 0 aliphatic carbocycles. The maximum Gasteiger partial charge on any atom is 0.292 e. The highest BCUT2D eigenvalue weighted by molar-refractivity contribution is 7.99. The average Bonchev–Trinajstić information content (AvgIpc) is 3.03. The molecule has 2 fully saturated rings. The highest BCUT2D eigenvalue weighted by atomic mass is 32.2. The molecule has 0 bridgehead atoms. The van der Waals surface area contributed by atoms with Crippen LogP contribution in [0.5, 0.6) is 0 Å². The van der Waals surface area contributed by atoms with Crippen molar-refractivity contribution >= 4 is 35.2 Å². The van der Waals surface area contributed by atoms with Crippen molar-refractivity contribution in [3.8, 4) is 0 Å². The van der Waals surface area contributed by atoms with Crippen LogP contribution in [0, 0.1) is 5.92 Å². The molecular weight excluding hydrogens is 386 g/mol. The number of hydrogen-bond donors (Lipinski definition) is 2. The maximum absolute atomic E-state index is 13.2. The number of carbonyl (C=O) groups excluding carboxylic acids is 3. The summed E-state index contributed by atoms with van der Waals surface area (Å²) >= 11 is 1.54. The number of nitrogens with zero attached hydrogens (tertiary/aromatic N) is 1. The minimum atomic E-state index is -0.383. The first-order chi connectivity index (χ1) is 14.0. The SMILES string of the molecule is NC(=O)C1CC[NH+]([C@H]2CC(=O)N(c3ccccc3Sc3ccccc3)C2=O)CC1. The lowest BCUT2D eigenvalue weighted by molar-refractivity contribution is -0.920. The summed E-state index contributed by atoms with van der Waals surface area (Å²) in [5, 5.41) is 0. The highest BCUT2D eigenvalue weighted by Gasteiger charge is 2.47. The Hall–Kier alpha value is -2.64. The summed E-state index contributed by atoms with van der Waals surface area (Å²) < 4.78 is 0. The van der Waals surface area contributed by atoms with Crippen LogP contribution in [0.2, 0.25) is 0 Å². The van der Waals surface area contributed by atoms with Crippen LogP contribution in [0.3, 0.4) is 0 Å². The number of rotatable bonds is 5. The average molecular weight is 411 g/mol. The molecule has 2 aliphatic heterocycles. The molecule has 0 radical (unpaired) electrons. The molecule has 2 heterocycles. The number of benzene rings is 2. The molecule has 1 atom stereocenters. The molecule has 3 amide bonds. The van der Waals surface area contributed by atoms with E-state index in [2.05, 4.69) is 0 Å². The number of amides is 3. The minimum Gasteiger partial charge on any atom is -0.369 e. The van der Waals surface area contributed by atoms with Crippen LogP contribution in [0.15, 0.2) is 64.4 Å². The second kappa shape index (κ2) is 8.39. The molecule has 0 spiro atoms. The van der Waals surface area contributed by atoms with Crippen LogP contribution in [0.1, 0.15) is 19.3 Å². The molecule has 29 heavy (non-hydrogen) atoms. The normalized spacial score (nSPS) is 24.7. The van der Waals surface area contributed by atoms with Crippen molar-refractivity contribution in [1.82, 2.24) is 0 Å². The Balaban J connectivity index is 1.53. The van der Waals surface area contributed by atoms with Crippen molar-refractivity contribution < 1.29 is 19.3 Å². The van der Waals surface area contributed by atoms with Crippen LogP contribution in [-0.4, -0.2) is 36.9 Å². The zero-order valence-electron chi connectivity index (χ0n) is 16.0. The summed E-state index contributed by atoms with van der Waals surface area (Å²) in [5.74, 6) is -0.703. The highest BCUT2D eigenvalue weighted by Crippen LogP contribution is 2.37. The van der Waals surface area contributed by atoms with E-state index in [1.54, 1.807) is 11.8 Å². The number of quaternary nitrogens is 1. The Bertz CT molecular complexity index is 926. The summed E-state index contributed by atoms with van der Waals surface area (Å²) in [5.41, 5.74) is 6.06. The van der Waals surface area contributed by atoms with Gasteiger partial charge in [0, 0.05) is 28.6 Å². The van der Waals surface area contributed by atoms with Crippen LogP contribution in [-0.2, 0) is 14.4 Å². The van der Waals surface area contributed by atoms with Gasteiger partial charge in [-0.05, 0) is 24.3 Å². The second-order valence-electron chi connectivity index (χ2n) is 7.54. The minimum absolute atomic E-state index is 0.120. The van der Waals surface area contributed by atoms with Crippen LogP contribution in [0.4, 0.5) is 5.69 Å². The van der Waals surface area contributed by atoms with Gasteiger partial charge in [-0.15, -0.1) is 0 Å². The fourth-order valence-electron chi connectivity index (χ4n) is 4.17. The summed E-state index contributed by atoms with van der Waals surface area (Å²) in [6.07, 6.45) is 1.55. The predicted molar refractivity (Wildman–Crippen MR) is 111 cm³/mol. The van der Waals surface area contributed by atoms with Crippen molar-refractivity contribution in [3.05, 3.63) is 54.6 Å². The van der Waals surface area contributed by atoms with E-state index in [1.165, 1.54) is 4.90 Å². The van der Waals surface area contributed by atoms with Gasteiger partial charge in [-0.3, -0.25) is 14.4 Å². The number of carbonyl (C=O) groups is 3. The van der Waals surface area contributed by atoms with E-state index in [1.807, 2.05) is 54.6 Å². The van der Waals surface area contributed by atoms with Gasteiger partial charge in [0.1, 0.15) is 0 Å². The van der Waals surface area contributed by atoms with E-state index in [9.17, 15) is 14.4 Å². The van der Waals surface area contributed by atoms with Gasteiger partial charge in [-0.2, -0.15) is 0 Å². The lowest BCUT2D eigenvalue weighted by atomic mass is 9.95. The number of para-hydroxylation sites is 1. The van der Waals surface area contributed by atoms with Crippen LogP contribution in [0.25, 0.3) is 0 Å². The van der Waals surface area contributed by atoms with Crippen molar-refractivity contribution in [2.75, 3.05) is 18.0 Å². The van der Waals surface area contributed by atoms with E-state index < -0.39 is 0 Å². The molecule has 2 aliphatic rings. The zero-order chi connectivity index (χ0) is 20.4. The molecular formula is C22H24N3O3S+. The molecule has 7 heteroatoms. The lowest BCUT2D eigenvalue weighted by Crippen LogP contribution is -3.17. The molecule has 0 unspecified atom stereocenters. The number of nitrogens with two attached hydrogens (primary N) is 1. The number of likely N-dealkylation sites (tertiary alicyclic amines) is 1. The first-order valence-electron chi connectivity index (χ1n) is 9.87. The standard InChI is InChI=1S/C22H23N3O3S/c23-21(27)15-10-12-24(13-11-15)18-14-20(26)25(22(18)28)17-8-4-5-9-19(17)29-16-6-2-1-3-7-16/h1-9,15,18H,10-14H2,(H2,23,27)/p+1/t18-/m0/s1. The van der Waals surface area contributed by atoms with Gasteiger partial charge in [0.15, 0.2) is 6.04 Å². The number of piperidine rings is 1. The fourth-order valence-corrected chi connectivity index (χ4v) is 5.13. The lowest BCUT2D eigenvalue weighted by Gasteiger charge is -2.30. The molecule has 2 aromatic carbocycles. The van der Waals surface area contributed by atoms with Gasteiger partial charge >= 0.3 is 0 Å². The summed E-state index contributed by atoms with van der Waals surface area (Å²) in [7, 11) is 0. The predicted octanol–water partition coefficient (Wildman–Crippen LogP) is 1.25. The largest absolute Gasteiger partial charge is 0.369 e. The number of anilines is 1. The molecule has 2 saturated heterocycles. The smallest absolute Gasteiger partial charge is 0.292 e. The van der Waals surface area contributed by atoms with Gasteiger partial charge in [0.05, 0.1) is 25.2 Å². The topological polar surface area (TPSA) is 84.9 Å². The van der Waals surface area contributed by atoms with Crippen molar-refractivity contribution in [2.24, 2.45) is 11.7 Å². The summed E-state index contributed by atoms with van der Waals surface area (Å²) in [6, 6.07) is 17.0. The monoisotopic (exact) mass is 410 g/mol. The van der Waals surface area contributed by atoms with Crippen molar-refractivity contribution in [1.29, 1.82) is 0 Å². The van der Waals surface area contributed by atoms with Crippen molar-refractivity contribution in [2.45, 2.75) is 35.1 Å². The fraction of sp³-hybridized carbons (Fsp3) is 0.318. The molecule has 150 valence electrons. The number of hydrogen-bond acceptors (Lipinski definition) is 4. The van der Waals surface area contributed by atoms with Crippen LogP contribution < -0.4 is 15.5 Å². The number of nitrogens with one attached hydrogen (secondary N) is 1. The third-order valence-corrected chi connectivity index (χ3v) is 6.82. The zero-order valence-corrected chi connectivity index (χ0v) is 16.9. The Morgan fingerprint density at radius 1 is 1.00 bits per heavy atom. The Kier molecular flexibility index (Phi) is 5.69. The Morgan fingerprint density at radius 3 is 2.34 bits per heavy atom. The molecule has 6 nitrogen and oxygen atoms in total. The van der Waals surface area contributed by atoms with Gasteiger partial charge in [-0.1, -0.05) is 42.1 Å². The van der Waals surface area contributed by atoms with Crippen molar-refractivity contribution in [3.63, 3.8) is 0 Å². The first kappa shape index (κ1) is 19.7. The molecule has 2 aromatic rings. The summed E-state index contributed by atoms with van der Waals surface area (Å²) in [4.78, 5) is 41.8. The van der Waals surface area contributed by atoms with E-state index in [0.717, 1.165) is 14.7 Å². The molecule has 3 N–H and O–H groups in total. The van der Waals surface area contributed by atoms with E-state index >= 15 is 0 Å². The number of primary amides is 1. The molecule has 4 rings (SSSR count). The number of imide groups is 1. The quantitative estimate of drug-likeness (QED) is 0.727. The molecule has 0 aromatic heterocycles. The molecule has 0 saturated carbocycles. The maximum atomic E-state index is 13.2. The second-order valence-corrected chi connectivity index (χ2v) is 8.66. The third kappa shape index (κ3) is 4.06.